The van der Waals surface area contributed by atoms with Gasteiger partial charge in [0.25, 0.3) is 0 Å². The first-order chi connectivity index (χ1) is 8.79. The largest absolute Gasteiger partial charge is 0.337 e. The predicted molar refractivity (Wildman–Crippen MR) is 74.3 cm³/mol. The molecule has 18 heavy (non-hydrogen) atoms. The van der Waals surface area contributed by atoms with E-state index in [2.05, 4.69) is 30.1 Å². The fourth-order valence-electron chi connectivity index (χ4n) is 2.60. The second kappa shape index (κ2) is 6.74. The van der Waals surface area contributed by atoms with Crippen LogP contribution in [0.25, 0.3) is 0 Å². The number of nitrogens with zero attached hydrogens (tertiary/aromatic N) is 2. The van der Waals surface area contributed by atoms with Crippen LogP contribution >= 0.6 is 0 Å². The summed E-state index contributed by atoms with van der Waals surface area (Å²) in [5, 5.41) is 0. The van der Waals surface area contributed by atoms with Crippen LogP contribution in [0.3, 0.4) is 0 Å². The highest BCUT2D eigenvalue weighted by Gasteiger charge is 2.18. The molecule has 2 aliphatic rings. The van der Waals surface area contributed by atoms with E-state index in [9.17, 15) is 4.79 Å². The Morgan fingerprint density at radius 3 is 2.67 bits per heavy atom. The van der Waals surface area contributed by atoms with Gasteiger partial charge in [-0.05, 0) is 37.8 Å². The normalized spacial score (nSPS) is 25.8. The molecule has 3 nitrogen and oxygen atoms in total. The van der Waals surface area contributed by atoms with Crippen molar-refractivity contribution < 1.29 is 4.79 Å². The Morgan fingerprint density at radius 1 is 1.28 bits per heavy atom. The lowest BCUT2D eigenvalue weighted by Crippen LogP contribution is -2.48. The fraction of sp³-hybridized carbons (Fsp3) is 0.667. The molecule has 1 fully saturated rings. The topological polar surface area (TPSA) is 23.6 Å². The number of likely N-dealkylation sites (N-methyl/N-ethyl adjacent to an activating group) is 1. The molecule has 2 rings (SSSR count). The molecule has 100 valence electrons. The van der Waals surface area contributed by atoms with Crippen LogP contribution in [-0.4, -0.2) is 48.4 Å². The maximum Gasteiger partial charge on any atom is 0.246 e. The maximum atomic E-state index is 12.0. The van der Waals surface area contributed by atoms with Crippen molar-refractivity contribution in [1.82, 2.24) is 9.80 Å². The quantitative estimate of drug-likeness (QED) is 0.564. The highest BCUT2D eigenvalue weighted by Crippen LogP contribution is 2.19. The average Bonchev–Trinajstić information content (AvgIpc) is 2.46. The van der Waals surface area contributed by atoms with Crippen molar-refractivity contribution >= 4 is 5.91 Å². The summed E-state index contributed by atoms with van der Waals surface area (Å²) in [7, 11) is 0. The molecule has 3 heteroatoms. The summed E-state index contributed by atoms with van der Waals surface area (Å²) in [6.45, 7) is 7.05. The third kappa shape index (κ3) is 3.70. The van der Waals surface area contributed by atoms with Crippen LogP contribution in [0.4, 0.5) is 0 Å². The van der Waals surface area contributed by atoms with E-state index in [1.54, 1.807) is 6.08 Å². The van der Waals surface area contributed by atoms with Gasteiger partial charge >= 0.3 is 0 Å². The van der Waals surface area contributed by atoms with E-state index < -0.39 is 0 Å². The summed E-state index contributed by atoms with van der Waals surface area (Å²) in [6.07, 6.45) is 11.8. The third-order valence-corrected chi connectivity index (χ3v) is 3.95. The highest BCUT2D eigenvalue weighted by molar-refractivity contribution is 5.87. The van der Waals surface area contributed by atoms with E-state index in [0.717, 1.165) is 45.6 Å². The van der Waals surface area contributed by atoms with E-state index in [4.69, 9.17) is 0 Å². The lowest BCUT2D eigenvalue weighted by molar-refractivity contribution is -0.127. The summed E-state index contributed by atoms with van der Waals surface area (Å²) in [5.41, 5.74) is 0. The van der Waals surface area contributed by atoms with Crippen molar-refractivity contribution in [2.24, 2.45) is 5.92 Å². The van der Waals surface area contributed by atoms with Gasteiger partial charge in [-0.15, -0.1) is 0 Å². The smallest absolute Gasteiger partial charge is 0.246 e. The molecule has 0 bridgehead atoms. The Bertz CT molecular complexity index is 327. The number of hydrogen-bond acceptors (Lipinski definition) is 2. The minimum Gasteiger partial charge on any atom is -0.337 e. The van der Waals surface area contributed by atoms with E-state index in [1.165, 1.54) is 6.42 Å². The van der Waals surface area contributed by atoms with Crippen molar-refractivity contribution in [1.29, 1.82) is 0 Å². The van der Waals surface area contributed by atoms with Crippen LogP contribution in [0.2, 0.25) is 0 Å². The zero-order valence-corrected chi connectivity index (χ0v) is 11.3. The summed E-state index contributed by atoms with van der Waals surface area (Å²) in [4.78, 5) is 16.4. The molecule has 0 aromatic rings. The van der Waals surface area contributed by atoms with Crippen molar-refractivity contribution in [3.8, 4) is 0 Å². The molecule has 1 aliphatic heterocycles. The minimum atomic E-state index is 0.195. The zero-order valence-electron chi connectivity index (χ0n) is 11.3. The molecular weight excluding hydrogens is 224 g/mol. The lowest BCUT2D eigenvalue weighted by atomic mass is 9.94. The Labute approximate surface area is 110 Å². The Kier molecular flexibility index (Phi) is 5.00. The second-order valence-corrected chi connectivity index (χ2v) is 5.16. The van der Waals surface area contributed by atoms with Crippen LogP contribution in [-0.2, 0) is 4.79 Å². The Hall–Kier alpha value is -1.09. The number of hydrogen-bond donors (Lipinski definition) is 0. The molecule has 1 unspecified atom stereocenters. The molecule has 1 aliphatic carbocycles. The molecule has 1 amide bonds. The number of carbonyl (C=O) groups is 1. The van der Waals surface area contributed by atoms with Crippen molar-refractivity contribution in [3.05, 3.63) is 24.3 Å². The average molecular weight is 248 g/mol. The number of rotatable bonds is 3. The number of allylic oxidation sites excluding steroid dienone is 3. The number of piperazine rings is 1. The number of carbonyl (C=O) groups excluding carboxylic acids is 1. The van der Waals surface area contributed by atoms with E-state index in [-0.39, 0.29) is 5.91 Å². The van der Waals surface area contributed by atoms with E-state index in [1.807, 2.05) is 4.90 Å². The van der Waals surface area contributed by atoms with Crippen LogP contribution in [0, 0.1) is 5.92 Å². The Balaban J connectivity index is 1.77. The SMILES string of the molecule is CCN1CCN(C(=O)C=CC2CC=CCC2)CC1. The molecule has 1 heterocycles. The first-order valence-corrected chi connectivity index (χ1v) is 7.14. The van der Waals surface area contributed by atoms with Gasteiger partial charge in [0.2, 0.25) is 5.91 Å². The van der Waals surface area contributed by atoms with Gasteiger partial charge in [-0.2, -0.15) is 0 Å². The standard InChI is InChI=1S/C15H24N2O/c1-2-16-10-12-17(13-11-16)15(18)9-8-14-6-4-3-5-7-14/h3-4,8-9,14H,2,5-7,10-13H2,1H3. The van der Waals surface area contributed by atoms with Gasteiger partial charge in [-0.25, -0.2) is 0 Å². The minimum absolute atomic E-state index is 0.195. The molecule has 0 aromatic heterocycles. The van der Waals surface area contributed by atoms with Gasteiger partial charge in [0.15, 0.2) is 0 Å². The molecule has 0 aromatic carbocycles. The molecule has 0 saturated carbocycles. The van der Waals surface area contributed by atoms with Crippen molar-refractivity contribution in [2.75, 3.05) is 32.7 Å². The summed E-state index contributed by atoms with van der Waals surface area (Å²) < 4.78 is 0. The molecule has 1 saturated heterocycles. The van der Waals surface area contributed by atoms with Crippen molar-refractivity contribution in [3.63, 3.8) is 0 Å². The maximum absolute atomic E-state index is 12.0. The first kappa shape index (κ1) is 13.3. The fourth-order valence-corrected chi connectivity index (χ4v) is 2.60. The van der Waals surface area contributed by atoms with E-state index >= 15 is 0 Å². The van der Waals surface area contributed by atoms with Crippen LogP contribution in [0.5, 0.6) is 0 Å². The summed E-state index contributed by atoms with van der Waals surface area (Å²) in [6, 6.07) is 0. The van der Waals surface area contributed by atoms with Crippen LogP contribution < -0.4 is 0 Å². The van der Waals surface area contributed by atoms with Gasteiger partial charge in [-0.3, -0.25) is 4.79 Å². The van der Waals surface area contributed by atoms with Crippen LogP contribution in [0.1, 0.15) is 26.2 Å². The summed E-state index contributed by atoms with van der Waals surface area (Å²) >= 11 is 0. The van der Waals surface area contributed by atoms with Crippen LogP contribution in [0.15, 0.2) is 24.3 Å². The molecule has 0 spiro atoms. The van der Waals surface area contributed by atoms with Gasteiger partial charge in [0.1, 0.15) is 0 Å². The van der Waals surface area contributed by atoms with E-state index in [0.29, 0.717) is 5.92 Å². The van der Waals surface area contributed by atoms with Gasteiger partial charge in [0.05, 0.1) is 0 Å². The van der Waals surface area contributed by atoms with Gasteiger partial charge < -0.3 is 9.80 Å². The molecular formula is C15H24N2O. The number of amides is 1. The first-order valence-electron chi connectivity index (χ1n) is 7.14. The highest BCUT2D eigenvalue weighted by atomic mass is 16.2. The molecule has 1 atom stereocenters. The lowest BCUT2D eigenvalue weighted by Gasteiger charge is -2.33. The van der Waals surface area contributed by atoms with Gasteiger partial charge in [0, 0.05) is 26.2 Å². The predicted octanol–water partition coefficient (Wildman–Crippen LogP) is 2.06. The molecule has 0 radical (unpaired) electrons. The second-order valence-electron chi connectivity index (χ2n) is 5.16. The zero-order chi connectivity index (χ0) is 12.8. The Morgan fingerprint density at radius 2 is 2.06 bits per heavy atom. The third-order valence-electron chi connectivity index (χ3n) is 3.95. The van der Waals surface area contributed by atoms with Crippen molar-refractivity contribution in [2.45, 2.75) is 26.2 Å². The molecule has 0 N–H and O–H groups in total. The van der Waals surface area contributed by atoms with Gasteiger partial charge in [-0.1, -0.05) is 25.2 Å². The summed E-state index contributed by atoms with van der Waals surface area (Å²) in [5.74, 6) is 0.760. The monoisotopic (exact) mass is 248 g/mol.